The third kappa shape index (κ3) is 5.40. The van der Waals surface area contributed by atoms with Gasteiger partial charge in [-0.05, 0) is 31.5 Å². The molecule has 0 heterocycles. The van der Waals surface area contributed by atoms with Crippen LogP contribution >= 0.6 is 0 Å². The number of hydrogen-bond donors (Lipinski definition) is 0. The van der Waals surface area contributed by atoms with E-state index in [-0.39, 0.29) is 11.9 Å². The third-order valence-electron chi connectivity index (χ3n) is 2.50. The summed E-state index contributed by atoms with van der Waals surface area (Å²) in [4.78, 5) is 22.7. The smallest absolute Gasteiger partial charge is 0.335 e. The molecule has 20 heavy (non-hydrogen) atoms. The normalized spacial score (nSPS) is 11.8. The first-order valence-corrected chi connectivity index (χ1v) is 6.62. The average molecular weight is 280 g/mol. The summed E-state index contributed by atoms with van der Waals surface area (Å²) in [5.74, 6) is -0.310. The van der Waals surface area contributed by atoms with Crippen molar-refractivity contribution in [3.05, 3.63) is 29.8 Å². The monoisotopic (exact) mass is 280 g/mol. The molecule has 1 aromatic rings. The molecular formula is C15H20O5. The molecule has 1 atom stereocenters. The van der Waals surface area contributed by atoms with E-state index in [1.54, 1.807) is 25.1 Å². The molecule has 110 valence electrons. The predicted octanol–water partition coefficient (Wildman–Crippen LogP) is 2.12. The Morgan fingerprint density at radius 2 is 1.95 bits per heavy atom. The fourth-order valence-electron chi connectivity index (χ4n) is 1.76. The van der Waals surface area contributed by atoms with Gasteiger partial charge in [0.15, 0.2) is 6.10 Å². The largest absolute Gasteiger partial charge is 0.464 e. The van der Waals surface area contributed by atoms with Crippen LogP contribution in [0.15, 0.2) is 24.3 Å². The highest BCUT2D eigenvalue weighted by atomic mass is 16.6. The fraction of sp³-hybridized carbons (Fsp3) is 0.467. The molecule has 5 nitrogen and oxygen atoms in total. The lowest BCUT2D eigenvalue weighted by atomic mass is 10.1. The van der Waals surface area contributed by atoms with Gasteiger partial charge in [0.05, 0.1) is 6.61 Å². The van der Waals surface area contributed by atoms with Crippen LogP contribution in [0.4, 0.5) is 0 Å². The van der Waals surface area contributed by atoms with Crippen molar-refractivity contribution in [1.82, 2.24) is 0 Å². The number of rotatable bonds is 7. The van der Waals surface area contributed by atoms with Crippen LogP contribution in [0, 0.1) is 0 Å². The Morgan fingerprint density at radius 1 is 1.20 bits per heavy atom. The summed E-state index contributed by atoms with van der Waals surface area (Å²) >= 11 is 0. The molecule has 0 aliphatic heterocycles. The van der Waals surface area contributed by atoms with Crippen molar-refractivity contribution >= 4 is 11.9 Å². The van der Waals surface area contributed by atoms with E-state index in [4.69, 9.17) is 14.2 Å². The molecule has 0 bridgehead atoms. The van der Waals surface area contributed by atoms with Gasteiger partial charge >= 0.3 is 11.9 Å². The van der Waals surface area contributed by atoms with E-state index in [1.165, 1.54) is 6.92 Å². The van der Waals surface area contributed by atoms with Crippen LogP contribution in [0.3, 0.4) is 0 Å². The number of hydrogen-bond acceptors (Lipinski definition) is 5. The van der Waals surface area contributed by atoms with Crippen molar-refractivity contribution < 1.29 is 23.8 Å². The van der Waals surface area contributed by atoms with Gasteiger partial charge in [-0.1, -0.05) is 12.1 Å². The van der Waals surface area contributed by atoms with Gasteiger partial charge in [-0.15, -0.1) is 0 Å². The molecule has 0 saturated heterocycles. The number of esters is 2. The lowest BCUT2D eigenvalue weighted by molar-refractivity contribution is -0.156. The van der Waals surface area contributed by atoms with Crippen molar-refractivity contribution in [2.24, 2.45) is 0 Å². The van der Waals surface area contributed by atoms with Gasteiger partial charge < -0.3 is 14.2 Å². The molecule has 1 aromatic carbocycles. The second-order valence-electron chi connectivity index (χ2n) is 4.14. The van der Waals surface area contributed by atoms with Gasteiger partial charge in [-0.25, -0.2) is 4.79 Å². The minimum absolute atomic E-state index is 0.315. The molecule has 0 aromatic heterocycles. The molecular weight excluding hydrogens is 260 g/mol. The highest BCUT2D eigenvalue weighted by Gasteiger charge is 2.20. The van der Waals surface area contributed by atoms with Gasteiger partial charge in [0, 0.05) is 20.0 Å². The standard InChI is InChI=1S/C15H20O5/c1-4-18-14(15(17)19-5-2)10-12-7-6-8-13(9-12)20-11(3)16/h6-9,14H,4-5,10H2,1-3H3/t14-/m0/s1. The van der Waals surface area contributed by atoms with Gasteiger partial charge in [-0.3, -0.25) is 4.79 Å². The first-order chi connectivity index (χ1) is 9.56. The molecule has 0 N–H and O–H groups in total. The van der Waals surface area contributed by atoms with Crippen molar-refractivity contribution in [3.63, 3.8) is 0 Å². The van der Waals surface area contributed by atoms with Gasteiger partial charge in [-0.2, -0.15) is 0 Å². The Hall–Kier alpha value is -1.88. The van der Waals surface area contributed by atoms with E-state index in [0.717, 1.165) is 5.56 Å². The summed E-state index contributed by atoms with van der Waals surface area (Å²) in [6.07, 6.45) is -0.269. The minimum atomic E-state index is -0.646. The first-order valence-electron chi connectivity index (χ1n) is 6.62. The maximum atomic E-state index is 11.8. The molecule has 0 aliphatic carbocycles. The second kappa shape index (κ2) is 8.32. The number of ether oxygens (including phenoxy) is 3. The molecule has 0 fully saturated rings. The number of carbonyl (C=O) groups excluding carboxylic acids is 2. The van der Waals surface area contributed by atoms with E-state index in [2.05, 4.69) is 0 Å². The van der Waals surface area contributed by atoms with E-state index in [9.17, 15) is 9.59 Å². The van der Waals surface area contributed by atoms with Crippen molar-refractivity contribution in [2.45, 2.75) is 33.3 Å². The number of benzene rings is 1. The lowest BCUT2D eigenvalue weighted by Gasteiger charge is -2.15. The fourth-order valence-corrected chi connectivity index (χ4v) is 1.76. The van der Waals surface area contributed by atoms with E-state index in [0.29, 0.717) is 25.4 Å². The zero-order valence-corrected chi connectivity index (χ0v) is 12.0. The SMILES string of the molecule is CCOC(=O)[C@H](Cc1cccc(OC(C)=O)c1)OCC. The topological polar surface area (TPSA) is 61.8 Å². The molecule has 0 amide bonds. The first kappa shape index (κ1) is 16.2. The minimum Gasteiger partial charge on any atom is -0.464 e. The van der Waals surface area contributed by atoms with Crippen LogP contribution in [-0.4, -0.2) is 31.3 Å². The van der Waals surface area contributed by atoms with Gasteiger partial charge in [0.1, 0.15) is 5.75 Å². The highest BCUT2D eigenvalue weighted by Crippen LogP contribution is 2.16. The summed E-state index contributed by atoms with van der Waals surface area (Å²) in [6.45, 7) is 5.65. The molecule has 0 unspecified atom stereocenters. The quantitative estimate of drug-likeness (QED) is 0.565. The maximum absolute atomic E-state index is 11.8. The second-order valence-corrected chi connectivity index (χ2v) is 4.14. The Kier molecular flexibility index (Phi) is 6.73. The summed E-state index contributed by atoms with van der Waals surface area (Å²) in [5.41, 5.74) is 0.843. The van der Waals surface area contributed by atoms with Crippen LogP contribution < -0.4 is 4.74 Å². The molecule has 0 radical (unpaired) electrons. The van der Waals surface area contributed by atoms with Crippen molar-refractivity contribution in [3.8, 4) is 5.75 Å². The predicted molar refractivity (Wildman–Crippen MR) is 73.5 cm³/mol. The van der Waals surface area contributed by atoms with Crippen LogP contribution in [0.5, 0.6) is 5.75 Å². The van der Waals surface area contributed by atoms with Crippen LogP contribution in [0.2, 0.25) is 0 Å². The molecule has 0 aliphatic rings. The molecule has 5 heteroatoms. The zero-order chi connectivity index (χ0) is 15.0. The maximum Gasteiger partial charge on any atom is 0.335 e. The molecule has 0 spiro atoms. The van der Waals surface area contributed by atoms with Gasteiger partial charge in [0.2, 0.25) is 0 Å². The highest BCUT2D eigenvalue weighted by molar-refractivity contribution is 5.75. The molecule has 1 rings (SSSR count). The van der Waals surface area contributed by atoms with Gasteiger partial charge in [0.25, 0.3) is 0 Å². The van der Waals surface area contributed by atoms with Crippen LogP contribution in [0.1, 0.15) is 26.3 Å². The van der Waals surface area contributed by atoms with E-state index < -0.39 is 6.10 Å². The summed E-state index contributed by atoms with van der Waals surface area (Å²) in [5, 5.41) is 0. The Morgan fingerprint density at radius 3 is 2.55 bits per heavy atom. The Labute approximate surface area is 118 Å². The Bertz CT molecular complexity index is 455. The van der Waals surface area contributed by atoms with Crippen molar-refractivity contribution in [2.75, 3.05) is 13.2 Å². The van der Waals surface area contributed by atoms with E-state index >= 15 is 0 Å². The Balaban J connectivity index is 2.77. The summed E-state index contributed by atoms with van der Waals surface area (Å²) in [6, 6.07) is 7.01. The average Bonchev–Trinajstić information content (AvgIpc) is 2.38. The van der Waals surface area contributed by atoms with Crippen LogP contribution in [-0.2, 0) is 25.5 Å². The lowest BCUT2D eigenvalue weighted by Crippen LogP contribution is -2.29. The molecule has 0 saturated carbocycles. The number of carbonyl (C=O) groups is 2. The summed E-state index contributed by atoms with van der Waals surface area (Å²) in [7, 11) is 0. The third-order valence-corrected chi connectivity index (χ3v) is 2.50. The van der Waals surface area contributed by atoms with Crippen LogP contribution in [0.25, 0.3) is 0 Å². The van der Waals surface area contributed by atoms with E-state index in [1.807, 2.05) is 13.0 Å². The zero-order valence-electron chi connectivity index (χ0n) is 12.0. The summed E-state index contributed by atoms with van der Waals surface area (Å²) < 4.78 is 15.4. The van der Waals surface area contributed by atoms with Crippen molar-refractivity contribution in [1.29, 1.82) is 0 Å².